The number of hydrogen-bond donors (Lipinski definition) is 3. The smallest absolute Gasteiger partial charge is 0.217 e. The van der Waals surface area contributed by atoms with Gasteiger partial charge < -0.3 is 21.1 Å². The van der Waals surface area contributed by atoms with Crippen LogP contribution in [0.1, 0.15) is 60.8 Å². The molecule has 1 aliphatic carbocycles. The van der Waals surface area contributed by atoms with Gasteiger partial charge in [-0.3, -0.25) is 9.79 Å². The van der Waals surface area contributed by atoms with E-state index in [1.165, 1.54) is 25.2 Å². The number of rotatable bonds is 10. The summed E-state index contributed by atoms with van der Waals surface area (Å²) < 4.78 is 4.80. The van der Waals surface area contributed by atoms with Crippen LogP contribution in [0.25, 0.3) is 0 Å². The Morgan fingerprint density at radius 1 is 1.48 bits per heavy atom. The predicted molar refractivity (Wildman–Crippen MR) is 114 cm³/mol. The molecule has 6 heteroatoms. The van der Waals surface area contributed by atoms with Crippen molar-refractivity contribution in [1.29, 1.82) is 0 Å². The van der Waals surface area contributed by atoms with Gasteiger partial charge in [0.2, 0.25) is 5.91 Å². The Bertz CT molecular complexity index is 522. The molecule has 0 saturated carbocycles. The van der Waals surface area contributed by atoms with Crippen molar-refractivity contribution in [3.05, 3.63) is 23.7 Å². The minimum Gasteiger partial charge on any atom is -0.403 e. The van der Waals surface area contributed by atoms with Crippen LogP contribution in [0.4, 0.5) is 0 Å². The molecule has 1 atom stereocenters. The van der Waals surface area contributed by atoms with E-state index in [1.807, 2.05) is 13.8 Å². The first-order chi connectivity index (χ1) is 12.6. The second-order valence-electron chi connectivity index (χ2n) is 8.01. The summed E-state index contributed by atoms with van der Waals surface area (Å²) in [6.45, 7) is 13.5. The van der Waals surface area contributed by atoms with Gasteiger partial charge in [0.05, 0.1) is 5.70 Å². The van der Waals surface area contributed by atoms with Gasteiger partial charge in [0.1, 0.15) is 0 Å². The van der Waals surface area contributed by atoms with Crippen molar-refractivity contribution >= 4 is 12.1 Å². The van der Waals surface area contributed by atoms with Crippen molar-refractivity contribution in [2.45, 2.75) is 66.3 Å². The fourth-order valence-corrected chi connectivity index (χ4v) is 2.57. The topological polar surface area (TPSA) is 88.7 Å². The SMILES string of the molecule is CCC1C=C(N/C(C=NCCC(C)(C)NC(C)=O)=C/N)C1.COCC(C)C. The number of aliphatic imine (C=N–C) groups is 1. The fraction of sp³-hybridized carbons (Fsp3) is 0.714. The Balaban J connectivity index is 0.000000972. The summed E-state index contributed by atoms with van der Waals surface area (Å²) in [7, 11) is 1.72. The molecule has 1 unspecified atom stereocenters. The van der Waals surface area contributed by atoms with Gasteiger partial charge in [-0.15, -0.1) is 0 Å². The maximum absolute atomic E-state index is 11.1. The van der Waals surface area contributed by atoms with Gasteiger partial charge >= 0.3 is 0 Å². The van der Waals surface area contributed by atoms with Crippen molar-refractivity contribution in [3.8, 4) is 0 Å². The lowest BCUT2D eigenvalue weighted by Crippen LogP contribution is -2.42. The molecule has 0 aliphatic heterocycles. The number of carbonyl (C=O) groups excluding carboxylic acids is 1. The fourth-order valence-electron chi connectivity index (χ4n) is 2.57. The van der Waals surface area contributed by atoms with E-state index < -0.39 is 0 Å². The Hall–Kier alpha value is -1.82. The number of nitrogens with two attached hydrogens (primary N) is 1. The normalized spacial score (nSPS) is 17.1. The van der Waals surface area contributed by atoms with E-state index in [-0.39, 0.29) is 11.4 Å². The molecule has 6 nitrogen and oxygen atoms in total. The largest absolute Gasteiger partial charge is 0.403 e. The maximum atomic E-state index is 11.1. The summed E-state index contributed by atoms with van der Waals surface area (Å²) in [5, 5.41) is 6.18. The summed E-state index contributed by atoms with van der Waals surface area (Å²) >= 11 is 0. The number of allylic oxidation sites excluding steroid dienone is 3. The van der Waals surface area contributed by atoms with Gasteiger partial charge in [-0.25, -0.2) is 0 Å². The van der Waals surface area contributed by atoms with Gasteiger partial charge in [0.15, 0.2) is 0 Å². The average Bonchev–Trinajstić information content (AvgIpc) is 2.51. The molecule has 0 spiro atoms. The third-order valence-corrected chi connectivity index (χ3v) is 4.04. The van der Waals surface area contributed by atoms with E-state index in [1.54, 1.807) is 13.3 Å². The average molecular weight is 381 g/mol. The zero-order chi connectivity index (χ0) is 20.9. The second-order valence-corrected chi connectivity index (χ2v) is 8.01. The minimum atomic E-state index is -0.242. The van der Waals surface area contributed by atoms with Crippen LogP contribution in [-0.2, 0) is 9.53 Å². The van der Waals surface area contributed by atoms with Crippen molar-refractivity contribution < 1.29 is 9.53 Å². The summed E-state index contributed by atoms with van der Waals surface area (Å²) in [4.78, 5) is 15.4. The zero-order valence-electron chi connectivity index (χ0n) is 18.3. The number of nitrogens with zero attached hydrogens (tertiary/aromatic N) is 1. The Kier molecular flexibility index (Phi) is 12.5. The molecule has 156 valence electrons. The van der Waals surface area contributed by atoms with E-state index in [0.717, 1.165) is 25.1 Å². The minimum absolute atomic E-state index is 0.0180. The molecule has 4 N–H and O–H groups in total. The molecule has 1 rings (SSSR count). The summed E-state index contributed by atoms with van der Waals surface area (Å²) in [5.41, 5.74) is 7.38. The van der Waals surface area contributed by atoms with Crippen LogP contribution in [0.5, 0.6) is 0 Å². The van der Waals surface area contributed by atoms with Crippen LogP contribution in [0.15, 0.2) is 28.7 Å². The first-order valence-electron chi connectivity index (χ1n) is 9.80. The second kappa shape index (κ2) is 13.4. The molecular weight excluding hydrogens is 340 g/mol. The summed E-state index contributed by atoms with van der Waals surface area (Å²) in [5.74, 6) is 1.35. The molecule has 0 aromatic heterocycles. The predicted octanol–water partition coefficient (Wildman–Crippen LogP) is 3.35. The third-order valence-electron chi connectivity index (χ3n) is 4.04. The molecule has 0 saturated heterocycles. The van der Waals surface area contributed by atoms with E-state index in [4.69, 9.17) is 10.5 Å². The number of amides is 1. The van der Waals surface area contributed by atoms with E-state index >= 15 is 0 Å². The molecule has 0 radical (unpaired) electrons. The van der Waals surface area contributed by atoms with Crippen molar-refractivity contribution in [2.24, 2.45) is 22.6 Å². The number of hydrogen-bond acceptors (Lipinski definition) is 5. The lowest BCUT2D eigenvalue weighted by molar-refractivity contribution is -0.120. The molecule has 0 fully saturated rings. The maximum Gasteiger partial charge on any atom is 0.217 e. The van der Waals surface area contributed by atoms with Gasteiger partial charge in [0, 0.05) is 50.8 Å². The standard InChI is InChI=1S/C16H28N4O.C5H12O/c1-5-13-8-14(9-13)19-15(10-17)11-18-7-6-16(3,4)20-12(2)21;1-5(2)4-6-3/h8,10-11,13,19H,5-7,9,17H2,1-4H3,(H,20,21);5H,4H2,1-3H3/b15-10+,18-11?;. The molecule has 27 heavy (non-hydrogen) atoms. The molecular formula is C21H40N4O2. The van der Waals surface area contributed by atoms with Crippen LogP contribution in [0, 0.1) is 11.8 Å². The lowest BCUT2D eigenvalue weighted by Gasteiger charge is -2.25. The summed E-state index contributed by atoms with van der Waals surface area (Å²) in [6, 6.07) is 0. The van der Waals surface area contributed by atoms with Crippen LogP contribution in [-0.4, -0.2) is 37.9 Å². The van der Waals surface area contributed by atoms with Crippen LogP contribution < -0.4 is 16.4 Å². The molecule has 1 aliphatic rings. The first-order valence-corrected chi connectivity index (χ1v) is 9.80. The van der Waals surface area contributed by atoms with Gasteiger partial charge in [-0.05, 0) is 44.9 Å². The van der Waals surface area contributed by atoms with Crippen molar-refractivity contribution in [2.75, 3.05) is 20.3 Å². The number of ether oxygens (including phenoxy) is 1. The van der Waals surface area contributed by atoms with Crippen LogP contribution >= 0.6 is 0 Å². The van der Waals surface area contributed by atoms with Crippen LogP contribution in [0.2, 0.25) is 0 Å². The molecule has 0 heterocycles. The Morgan fingerprint density at radius 2 is 2.11 bits per heavy atom. The monoisotopic (exact) mass is 380 g/mol. The zero-order valence-corrected chi connectivity index (χ0v) is 18.3. The third kappa shape index (κ3) is 13.1. The van der Waals surface area contributed by atoms with Crippen molar-refractivity contribution in [3.63, 3.8) is 0 Å². The van der Waals surface area contributed by atoms with Gasteiger partial charge in [0.25, 0.3) is 0 Å². The summed E-state index contributed by atoms with van der Waals surface area (Å²) in [6.07, 6.45) is 8.56. The van der Waals surface area contributed by atoms with E-state index in [0.29, 0.717) is 18.4 Å². The number of nitrogens with one attached hydrogen (secondary N) is 2. The highest BCUT2D eigenvalue weighted by molar-refractivity contribution is 5.78. The highest BCUT2D eigenvalue weighted by atomic mass is 16.5. The van der Waals surface area contributed by atoms with Crippen LogP contribution in [0.3, 0.4) is 0 Å². The van der Waals surface area contributed by atoms with E-state index in [2.05, 4.69) is 42.5 Å². The van der Waals surface area contributed by atoms with Gasteiger partial charge in [-0.1, -0.05) is 26.8 Å². The quantitative estimate of drug-likeness (QED) is 0.507. The number of carbonyl (C=O) groups is 1. The molecule has 0 aromatic rings. The molecule has 1 amide bonds. The highest BCUT2D eigenvalue weighted by Gasteiger charge is 2.18. The lowest BCUT2D eigenvalue weighted by atomic mass is 9.89. The first kappa shape index (κ1) is 25.2. The highest BCUT2D eigenvalue weighted by Crippen LogP contribution is 2.26. The number of methoxy groups -OCH3 is 1. The molecule has 0 bridgehead atoms. The van der Waals surface area contributed by atoms with E-state index in [9.17, 15) is 4.79 Å². The molecule has 0 aromatic carbocycles. The Morgan fingerprint density at radius 3 is 2.52 bits per heavy atom. The van der Waals surface area contributed by atoms with Gasteiger partial charge in [-0.2, -0.15) is 0 Å². The van der Waals surface area contributed by atoms with Crippen molar-refractivity contribution in [1.82, 2.24) is 10.6 Å². The Labute approximate surface area is 165 Å².